The summed E-state index contributed by atoms with van der Waals surface area (Å²) in [5, 5.41) is 27.6. The second-order valence-corrected chi connectivity index (χ2v) is 3.42. The van der Waals surface area contributed by atoms with Crippen molar-refractivity contribution in [3.05, 3.63) is 0 Å². The molecule has 0 amide bonds. The third-order valence-electron chi connectivity index (χ3n) is 2.27. The molecule has 0 aliphatic carbocycles. The first-order valence-electron chi connectivity index (χ1n) is 4.40. The highest BCUT2D eigenvalue weighted by atomic mass is 16.3. The van der Waals surface area contributed by atoms with Gasteiger partial charge >= 0.3 is 0 Å². The van der Waals surface area contributed by atoms with E-state index >= 15 is 0 Å². The van der Waals surface area contributed by atoms with Gasteiger partial charge in [0.1, 0.15) is 0 Å². The zero-order chi connectivity index (χ0) is 9.14. The maximum atomic E-state index is 9.29. The minimum Gasteiger partial charge on any atom is -0.392 e. The Labute approximate surface area is 72.4 Å². The van der Waals surface area contributed by atoms with Crippen LogP contribution in [0.25, 0.3) is 0 Å². The van der Waals surface area contributed by atoms with Crippen molar-refractivity contribution in [2.75, 3.05) is 19.6 Å². The molecule has 0 aromatic heterocycles. The van der Waals surface area contributed by atoms with Gasteiger partial charge in [0.2, 0.25) is 0 Å². The molecule has 4 nitrogen and oxygen atoms in total. The Morgan fingerprint density at radius 1 is 1.33 bits per heavy atom. The monoisotopic (exact) mass is 175 g/mol. The van der Waals surface area contributed by atoms with Crippen molar-refractivity contribution >= 4 is 0 Å². The van der Waals surface area contributed by atoms with Gasteiger partial charge in [0, 0.05) is 19.6 Å². The number of β-amino-alcohol motifs (C(OH)–C–C–N with tert-alkyl or cyclic N) is 3. The van der Waals surface area contributed by atoms with Gasteiger partial charge in [-0.25, -0.2) is 0 Å². The Morgan fingerprint density at radius 2 is 1.83 bits per heavy atom. The van der Waals surface area contributed by atoms with Crippen molar-refractivity contribution in [1.29, 1.82) is 0 Å². The first kappa shape index (κ1) is 9.92. The number of hydrogen-bond donors (Lipinski definition) is 3. The van der Waals surface area contributed by atoms with E-state index in [9.17, 15) is 15.3 Å². The number of aliphatic hydroxyl groups excluding tert-OH is 3. The fraction of sp³-hybridized carbons (Fsp3) is 1.00. The number of likely N-dealkylation sites (tertiary alicyclic amines) is 1. The molecule has 1 fully saturated rings. The average Bonchev–Trinajstić information content (AvgIpc) is 2.31. The Morgan fingerprint density at radius 3 is 2.25 bits per heavy atom. The molecular formula is C8H17NO3. The van der Waals surface area contributed by atoms with Crippen molar-refractivity contribution in [1.82, 2.24) is 4.90 Å². The van der Waals surface area contributed by atoms with Crippen LogP contribution in [-0.4, -0.2) is 58.2 Å². The molecule has 4 heteroatoms. The van der Waals surface area contributed by atoms with Gasteiger partial charge in [-0.1, -0.05) is 6.92 Å². The van der Waals surface area contributed by atoms with Gasteiger partial charge in [-0.15, -0.1) is 0 Å². The van der Waals surface area contributed by atoms with Gasteiger partial charge in [0.05, 0.1) is 18.3 Å². The number of rotatable bonds is 3. The standard InChI is InChI=1S/C8H17NO3/c1-2-6(10)3-9-4-7(11)8(12)5-9/h6-8,10-12H,2-5H2,1H3/t6-,7?,8?/m0/s1. The molecule has 1 aliphatic heterocycles. The Balaban J connectivity index is 2.27. The molecule has 0 bridgehead atoms. The molecule has 0 spiro atoms. The van der Waals surface area contributed by atoms with Crippen molar-refractivity contribution in [2.45, 2.75) is 31.7 Å². The minimum atomic E-state index is -0.644. The molecule has 72 valence electrons. The van der Waals surface area contributed by atoms with Crippen molar-refractivity contribution in [3.8, 4) is 0 Å². The topological polar surface area (TPSA) is 63.9 Å². The predicted octanol–water partition coefficient (Wildman–Crippen LogP) is -1.21. The summed E-state index contributed by atoms with van der Waals surface area (Å²) in [5.41, 5.74) is 0. The zero-order valence-electron chi connectivity index (χ0n) is 7.35. The molecule has 3 atom stereocenters. The lowest BCUT2D eigenvalue weighted by atomic mass is 10.2. The van der Waals surface area contributed by atoms with E-state index in [4.69, 9.17) is 0 Å². The van der Waals surface area contributed by atoms with Crippen LogP contribution in [0.1, 0.15) is 13.3 Å². The summed E-state index contributed by atoms with van der Waals surface area (Å²) in [6.07, 6.45) is -0.923. The SMILES string of the molecule is CC[C@H](O)CN1CC(O)C(O)C1. The van der Waals surface area contributed by atoms with E-state index in [1.807, 2.05) is 11.8 Å². The molecule has 1 saturated heterocycles. The van der Waals surface area contributed by atoms with E-state index in [1.54, 1.807) is 0 Å². The molecule has 2 unspecified atom stereocenters. The molecule has 1 aliphatic rings. The summed E-state index contributed by atoms with van der Waals surface area (Å²) in [7, 11) is 0. The highest BCUT2D eigenvalue weighted by Crippen LogP contribution is 2.10. The Hall–Kier alpha value is -0.160. The van der Waals surface area contributed by atoms with E-state index in [2.05, 4.69) is 0 Å². The highest BCUT2D eigenvalue weighted by Gasteiger charge is 2.29. The normalized spacial score (nSPS) is 34.0. The van der Waals surface area contributed by atoms with E-state index < -0.39 is 12.2 Å². The smallest absolute Gasteiger partial charge is 0.0938 e. The summed E-state index contributed by atoms with van der Waals surface area (Å²) in [4.78, 5) is 1.88. The third-order valence-corrected chi connectivity index (χ3v) is 2.27. The van der Waals surface area contributed by atoms with E-state index in [0.29, 0.717) is 26.1 Å². The number of hydrogen-bond acceptors (Lipinski definition) is 4. The average molecular weight is 175 g/mol. The Bertz CT molecular complexity index is 132. The van der Waals surface area contributed by atoms with Gasteiger partial charge in [-0.05, 0) is 6.42 Å². The fourth-order valence-electron chi connectivity index (χ4n) is 1.42. The molecule has 1 rings (SSSR count). The summed E-state index contributed by atoms with van der Waals surface area (Å²) in [6, 6.07) is 0. The van der Waals surface area contributed by atoms with Crippen LogP contribution >= 0.6 is 0 Å². The van der Waals surface area contributed by atoms with Crippen molar-refractivity contribution in [3.63, 3.8) is 0 Å². The van der Waals surface area contributed by atoms with Crippen LogP contribution < -0.4 is 0 Å². The number of nitrogens with zero attached hydrogens (tertiary/aromatic N) is 1. The van der Waals surface area contributed by atoms with E-state index in [0.717, 1.165) is 0 Å². The highest BCUT2D eigenvalue weighted by molar-refractivity contribution is 4.83. The molecule has 3 N–H and O–H groups in total. The van der Waals surface area contributed by atoms with Crippen molar-refractivity contribution < 1.29 is 15.3 Å². The molecule has 0 saturated carbocycles. The van der Waals surface area contributed by atoms with Gasteiger partial charge in [0.15, 0.2) is 0 Å². The molecule has 1 heterocycles. The van der Waals surface area contributed by atoms with Crippen LogP contribution in [0.2, 0.25) is 0 Å². The summed E-state index contributed by atoms with van der Waals surface area (Å²) in [5.74, 6) is 0. The lowest BCUT2D eigenvalue weighted by Crippen LogP contribution is -2.31. The lowest BCUT2D eigenvalue weighted by molar-refractivity contribution is 0.0572. The summed E-state index contributed by atoms with van der Waals surface area (Å²) < 4.78 is 0. The molecule has 0 radical (unpaired) electrons. The fourth-order valence-corrected chi connectivity index (χ4v) is 1.42. The molecule has 0 aromatic rings. The van der Waals surface area contributed by atoms with Crippen LogP contribution in [0.4, 0.5) is 0 Å². The number of aliphatic hydroxyl groups is 3. The van der Waals surface area contributed by atoms with Crippen LogP contribution in [0.15, 0.2) is 0 Å². The van der Waals surface area contributed by atoms with Gasteiger partial charge in [-0.3, -0.25) is 4.90 Å². The van der Waals surface area contributed by atoms with Gasteiger partial charge < -0.3 is 15.3 Å². The van der Waals surface area contributed by atoms with Crippen molar-refractivity contribution in [2.24, 2.45) is 0 Å². The predicted molar refractivity (Wildman–Crippen MR) is 44.8 cm³/mol. The van der Waals surface area contributed by atoms with Crippen LogP contribution in [0, 0.1) is 0 Å². The molecular weight excluding hydrogens is 158 g/mol. The maximum absolute atomic E-state index is 9.29. The van der Waals surface area contributed by atoms with Crippen LogP contribution in [0.3, 0.4) is 0 Å². The van der Waals surface area contributed by atoms with E-state index in [-0.39, 0.29) is 6.10 Å². The second kappa shape index (κ2) is 4.18. The summed E-state index contributed by atoms with van der Waals surface area (Å²) in [6.45, 7) is 3.40. The van der Waals surface area contributed by atoms with Crippen LogP contribution in [-0.2, 0) is 0 Å². The third kappa shape index (κ3) is 2.42. The van der Waals surface area contributed by atoms with E-state index in [1.165, 1.54) is 0 Å². The van der Waals surface area contributed by atoms with Gasteiger partial charge in [-0.2, -0.15) is 0 Å². The molecule has 0 aromatic carbocycles. The minimum absolute atomic E-state index is 0.345. The first-order valence-corrected chi connectivity index (χ1v) is 4.40. The van der Waals surface area contributed by atoms with Gasteiger partial charge in [0.25, 0.3) is 0 Å². The summed E-state index contributed by atoms with van der Waals surface area (Å²) >= 11 is 0. The van der Waals surface area contributed by atoms with Crippen LogP contribution in [0.5, 0.6) is 0 Å². The maximum Gasteiger partial charge on any atom is 0.0938 e. The Kier molecular flexibility index (Phi) is 3.46. The quantitative estimate of drug-likeness (QED) is 0.504. The largest absolute Gasteiger partial charge is 0.392 e. The first-order chi connectivity index (χ1) is 5.63. The zero-order valence-corrected chi connectivity index (χ0v) is 7.35. The molecule has 12 heavy (non-hydrogen) atoms. The second-order valence-electron chi connectivity index (χ2n) is 3.42. The lowest BCUT2D eigenvalue weighted by Gasteiger charge is -2.17.